The van der Waals surface area contributed by atoms with E-state index in [1.54, 1.807) is 6.07 Å². The summed E-state index contributed by atoms with van der Waals surface area (Å²) in [7, 11) is 1.86. The summed E-state index contributed by atoms with van der Waals surface area (Å²) in [6, 6.07) is 9.16. The van der Waals surface area contributed by atoms with Gasteiger partial charge >= 0.3 is 0 Å². The van der Waals surface area contributed by atoms with Gasteiger partial charge in [0.2, 0.25) is 0 Å². The number of hydrogen-bond acceptors (Lipinski definition) is 3. The minimum atomic E-state index is -0.196. The molecular weight excluding hydrogens is 259 g/mol. The molecule has 1 heterocycles. The molecule has 0 aliphatic carbocycles. The molecule has 2 rings (SSSR count). The lowest BCUT2D eigenvalue weighted by Gasteiger charge is -2.10. The van der Waals surface area contributed by atoms with Gasteiger partial charge in [-0.15, -0.1) is 0 Å². The van der Waals surface area contributed by atoms with Gasteiger partial charge in [-0.05, 0) is 50.2 Å². The third-order valence-corrected chi connectivity index (χ3v) is 3.78. The predicted molar refractivity (Wildman–Crippen MR) is 77.0 cm³/mol. The summed E-state index contributed by atoms with van der Waals surface area (Å²) in [5.41, 5.74) is 3.05. The second-order valence-corrected chi connectivity index (χ2v) is 5.52. The van der Waals surface area contributed by atoms with Crippen molar-refractivity contribution in [2.24, 2.45) is 0 Å². The second kappa shape index (κ2) is 6.17. The summed E-state index contributed by atoms with van der Waals surface area (Å²) in [4.78, 5) is 5.10. The Balaban J connectivity index is 2.36. The number of pyridine rings is 1. The highest BCUT2D eigenvalue weighted by molar-refractivity contribution is 7.99. The highest BCUT2D eigenvalue weighted by Gasteiger charge is 2.11. The number of nitrogens with one attached hydrogen (secondary N) is 1. The van der Waals surface area contributed by atoms with Crippen molar-refractivity contribution in [3.05, 3.63) is 53.0 Å². The van der Waals surface area contributed by atoms with Crippen LogP contribution in [0.2, 0.25) is 0 Å². The van der Waals surface area contributed by atoms with Gasteiger partial charge in [-0.25, -0.2) is 9.37 Å². The van der Waals surface area contributed by atoms with Crippen LogP contribution in [-0.2, 0) is 6.54 Å². The number of hydrogen-bond donors (Lipinski definition) is 1. The number of aryl methyl sites for hydroxylation is 2. The Bertz CT molecular complexity index is 564. The lowest BCUT2D eigenvalue weighted by atomic mass is 10.2. The number of nitrogens with zero attached hydrogens (tertiary/aromatic N) is 1. The quantitative estimate of drug-likeness (QED) is 0.921. The zero-order chi connectivity index (χ0) is 13.8. The van der Waals surface area contributed by atoms with E-state index in [9.17, 15) is 4.39 Å². The summed E-state index contributed by atoms with van der Waals surface area (Å²) < 4.78 is 14.0. The van der Waals surface area contributed by atoms with Crippen LogP contribution in [0.3, 0.4) is 0 Å². The highest BCUT2D eigenvalue weighted by atomic mass is 32.2. The van der Waals surface area contributed by atoms with Gasteiger partial charge in [0.05, 0.1) is 4.90 Å². The second-order valence-electron chi connectivity index (χ2n) is 4.48. The van der Waals surface area contributed by atoms with Crippen molar-refractivity contribution in [3.8, 4) is 0 Å². The first-order valence-electron chi connectivity index (χ1n) is 6.15. The zero-order valence-electron chi connectivity index (χ0n) is 11.3. The molecule has 1 aromatic carbocycles. The summed E-state index contributed by atoms with van der Waals surface area (Å²) in [5, 5.41) is 3.89. The number of aromatic nitrogens is 1. The van der Waals surface area contributed by atoms with Crippen molar-refractivity contribution in [1.82, 2.24) is 10.3 Å². The van der Waals surface area contributed by atoms with Crippen LogP contribution in [0.1, 0.15) is 16.8 Å². The summed E-state index contributed by atoms with van der Waals surface area (Å²) in [6.07, 6.45) is 0. The van der Waals surface area contributed by atoms with Crippen molar-refractivity contribution in [1.29, 1.82) is 0 Å². The Labute approximate surface area is 117 Å². The Hall–Kier alpha value is -1.39. The van der Waals surface area contributed by atoms with Crippen molar-refractivity contribution < 1.29 is 4.39 Å². The fourth-order valence-electron chi connectivity index (χ4n) is 1.96. The smallest absolute Gasteiger partial charge is 0.137 e. The molecular formula is C15H17FN2S. The number of rotatable bonds is 4. The van der Waals surface area contributed by atoms with Gasteiger partial charge in [-0.2, -0.15) is 0 Å². The topological polar surface area (TPSA) is 24.9 Å². The van der Waals surface area contributed by atoms with E-state index in [0.717, 1.165) is 21.8 Å². The van der Waals surface area contributed by atoms with Gasteiger partial charge < -0.3 is 5.32 Å². The van der Waals surface area contributed by atoms with Gasteiger partial charge in [0.1, 0.15) is 10.8 Å². The van der Waals surface area contributed by atoms with Crippen LogP contribution in [0.5, 0.6) is 0 Å². The number of halogens is 1. The van der Waals surface area contributed by atoms with Crippen molar-refractivity contribution in [3.63, 3.8) is 0 Å². The minimum absolute atomic E-state index is 0.196. The van der Waals surface area contributed by atoms with E-state index in [0.29, 0.717) is 11.4 Å². The van der Waals surface area contributed by atoms with E-state index in [1.165, 1.54) is 17.8 Å². The van der Waals surface area contributed by atoms with Gasteiger partial charge in [0, 0.05) is 12.2 Å². The molecule has 0 bridgehead atoms. The first-order valence-corrected chi connectivity index (χ1v) is 6.97. The van der Waals surface area contributed by atoms with Crippen LogP contribution in [0.15, 0.2) is 40.3 Å². The summed E-state index contributed by atoms with van der Waals surface area (Å²) in [5.74, 6) is -0.196. The van der Waals surface area contributed by atoms with Crippen LogP contribution in [0, 0.1) is 19.7 Å². The van der Waals surface area contributed by atoms with Crippen LogP contribution in [-0.4, -0.2) is 12.0 Å². The van der Waals surface area contributed by atoms with Crippen LogP contribution in [0.4, 0.5) is 4.39 Å². The molecule has 0 radical (unpaired) electrons. The lowest BCUT2D eigenvalue weighted by Crippen LogP contribution is -2.07. The lowest BCUT2D eigenvalue weighted by molar-refractivity contribution is 0.594. The molecule has 4 heteroatoms. The molecule has 1 aromatic heterocycles. The van der Waals surface area contributed by atoms with Gasteiger partial charge in [0.25, 0.3) is 0 Å². The fourth-order valence-corrected chi connectivity index (χ4v) is 3.04. The average molecular weight is 276 g/mol. The monoisotopic (exact) mass is 276 g/mol. The van der Waals surface area contributed by atoms with E-state index in [-0.39, 0.29) is 5.82 Å². The molecule has 0 fully saturated rings. The minimum Gasteiger partial charge on any atom is -0.316 e. The zero-order valence-corrected chi connectivity index (χ0v) is 12.1. The van der Waals surface area contributed by atoms with Crippen LogP contribution in [0.25, 0.3) is 0 Å². The van der Waals surface area contributed by atoms with E-state index in [2.05, 4.69) is 10.3 Å². The maximum absolute atomic E-state index is 14.0. The van der Waals surface area contributed by atoms with E-state index in [1.807, 2.05) is 39.1 Å². The maximum Gasteiger partial charge on any atom is 0.137 e. The van der Waals surface area contributed by atoms with Crippen LogP contribution >= 0.6 is 11.8 Å². The third-order valence-electron chi connectivity index (χ3n) is 2.70. The molecule has 1 N–H and O–H groups in total. The van der Waals surface area contributed by atoms with Crippen molar-refractivity contribution in [2.45, 2.75) is 30.3 Å². The Kier molecular flexibility index (Phi) is 4.56. The van der Waals surface area contributed by atoms with Crippen molar-refractivity contribution in [2.75, 3.05) is 7.05 Å². The van der Waals surface area contributed by atoms with Crippen LogP contribution < -0.4 is 5.32 Å². The fraction of sp³-hybridized carbons (Fsp3) is 0.267. The Morgan fingerprint density at radius 1 is 1.26 bits per heavy atom. The third kappa shape index (κ3) is 3.55. The largest absolute Gasteiger partial charge is 0.316 e. The normalized spacial score (nSPS) is 10.7. The first kappa shape index (κ1) is 14.0. The maximum atomic E-state index is 14.0. The molecule has 2 aromatic rings. The molecule has 0 unspecified atom stereocenters. The molecule has 100 valence electrons. The molecule has 0 saturated carbocycles. The Morgan fingerprint density at radius 2 is 2.05 bits per heavy atom. The highest BCUT2D eigenvalue weighted by Crippen LogP contribution is 2.32. The summed E-state index contributed by atoms with van der Waals surface area (Å²) >= 11 is 1.38. The molecule has 2 nitrogen and oxygen atoms in total. The molecule has 0 atom stereocenters. The van der Waals surface area contributed by atoms with E-state index >= 15 is 0 Å². The SMILES string of the molecule is CNCc1cccc(F)c1Sc1cc(C)cc(C)n1. The summed E-state index contributed by atoms with van der Waals surface area (Å²) in [6.45, 7) is 4.62. The first-order chi connectivity index (χ1) is 9.10. The Morgan fingerprint density at radius 3 is 2.74 bits per heavy atom. The van der Waals surface area contributed by atoms with E-state index in [4.69, 9.17) is 0 Å². The van der Waals surface area contributed by atoms with Crippen molar-refractivity contribution >= 4 is 11.8 Å². The molecule has 0 amide bonds. The standard InChI is InChI=1S/C15H17FN2S/c1-10-7-11(2)18-14(8-10)19-15-12(9-17-3)5-4-6-13(15)16/h4-8,17H,9H2,1-3H3. The van der Waals surface area contributed by atoms with Gasteiger partial charge in [-0.3, -0.25) is 0 Å². The van der Waals surface area contributed by atoms with Gasteiger partial charge in [0.15, 0.2) is 0 Å². The predicted octanol–water partition coefficient (Wildman–Crippen LogP) is 3.71. The molecule has 0 aliphatic heterocycles. The van der Waals surface area contributed by atoms with Gasteiger partial charge in [-0.1, -0.05) is 23.9 Å². The molecule has 0 saturated heterocycles. The average Bonchev–Trinajstić information content (AvgIpc) is 2.32. The molecule has 19 heavy (non-hydrogen) atoms. The van der Waals surface area contributed by atoms with E-state index < -0.39 is 0 Å². The molecule has 0 spiro atoms. The molecule has 0 aliphatic rings. The number of benzene rings is 1.